The number of anilines is 1. The Labute approximate surface area is 127 Å². The van der Waals surface area contributed by atoms with Gasteiger partial charge in [0.2, 0.25) is 5.13 Å². The number of aliphatic hydroxyl groups is 1. The second-order valence-corrected chi connectivity index (χ2v) is 6.60. The normalized spacial score (nSPS) is 10.8. The summed E-state index contributed by atoms with van der Waals surface area (Å²) in [7, 11) is -3.75. The van der Waals surface area contributed by atoms with Crippen molar-refractivity contribution in [2.45, 2.75) is 18.7 Å². The van der Waals surface area contributed by atoms with Gasteiger partial charge in [0.25, 0.3) is 10.0 Å². The molecule has 0 atom stereocenters. The molecular formula is C13H13N3O3S2. The van der Waals surface area contributed by atoms with Crippen LogP contribution in [-0.4, -0.2) is 29.5 Å². The van der Waals surface area contributed by atoms with E-state index in [1.165, 1.54) is 6.07 Å². The highest BCUT2D eigenvalue weighted by molar-refractivity contribution is 7.93. The maximum atomic E-state index is 12.4. The average molecular weight is 323 g/mol. The summed E-state index contributed by atoms with van der Waals surface area (Å²) >= 11 is 0.983. The molecule has 0 saturated carbocycles. The fraction of sp³-hybridized carbons (Fsp3) is 0.231. The van der Waals surface area contributed by atoms with E-state index in [9.17, 15) is 8.42 Å². The lowest BCUT2D eigenvalue weighted by Crippen LogP contribution is -2.14. The zero-order valence-corrected chi connectivity index (χ0v) is 13.0. The second-order valence-electron chi connectivity index (χ2n) is 4.19. The molecule has 0 aliphatic heterocycles. The molecule has 2 N–H and O–H groups in total. The van der Waals surface area contributed by atoms with Crippen LogP contribution < -0.4 is 4.72 Å². The van der Waals surface area contributed by atoms with Gasteiger partial charge in [-0.15, -0.1) is 0 Å². The number of aliphatic hydroxyl groups excluding tert-OH is 1. The summed E-state index contributed by atoms with van der Waals surface area (Å²) in [5, 5.41) is 8.91. The van der Waals surface area contributed by atoms with Crippen LogP contribution in [0.5, 0.6) is 0 Å². The highest BCUT2D eigenvalue weighted by Crippen LogP contribution is 2.21. The van der Waals surface area contributed by atoms with Gasteiger partial charge in [0, 0.05) is 17.1 Å². The van der Waals surface area contributed by atoms with E-state index in [2.05, 4.69) is 25.9 Å². The Hall–Kier alpha value is -1.95. The molecule has 1 aromatic heterocycles. The minimum Gasteiger partial charge on any atom is -0.384 e. The predicted octanol–water partition coefficient (Wildman–Crippen LogP) is 1.30. The van der Waals surface area contributed by atoms with Crippen LogP contribution in [-0.2, 0) is 10.0 Å². The Morgan fingerprint density at radius 3 is 2.76 bits per heavy atom. The molecule has 0 spiro atoms. The monoisotopic (exact) mass is 323 g/mol. The van der Waals surface area contributed by atoms with Gasteiger partial charge >= 0.3 is 0 Å². The molecular weight excluding hydrogens is 310 g/mol. The molecule has 0 fully saturated rings. The molecule has 0 aliphatic rings. The molecule has 0 aliphatic carbocycles. The van der Waals surface area contributed by atoms with E-state index < -0.39 is 10.0 Å². The molecule has 1 aromatic carbocycles. The number of sulfonamides is 1. The van der Waals surface area contributed by atoms with Crippen LogP contribution in [0.1, 0.15) is 17.0 Å². The topological polar surface area (TPSA) is 92.2 Å². The molecule has 110 valence electrons. The van der Waals surface area contributed by atoms with Gasteiger partial charge in [0.15, 0.2) is 0 Å². The number of nitrogens with zero attached hydrogens (tertiary/aromatic N) is 2. The summed E-state index contributed by atoms with van der Waals surface area (Å²) in [5.74, 6) is 5.68. The predicted molar refractivity (Wildman–Crippen MR) is 80.6 cm³/mol. The Balaban J connectivity index is 2.39. The molecule has 0 amide bonds. The number of aryl methyl sites for hydroxylation is 2. The van der Waals surface area contributed by atoms with E-state index in [0.717, 1.165) is 11.5 Å². The van der Waals surface area contributed by atoms with Gasteiger partial charge in [-0.1, -0.05) is 17.9 Å². The largest absolute Gasteiger partial charge is 0.384 e. The van der Waals surface area contributed by atoms with E-state index in [1.807, 2.05) is 0 Å². The Morgan fingerprint density at radius 1 is 1.38 bits per heavy atom. The van der Waals surface area contributed by atoms with Crippen LogP contribution in [0.15, 0.2) is 23.1 Å². The maximum absolute atomic E-state index is 12.4. The Morgan fingerprint density at radius 2 is 2.14 bits per heavy atom. The minimum absolute atomic E-state index is 0.125. The lowest BCUT2D eigenvalue weighted by atomic mass is 10.1. The van der Waals surface area contributed by atoms with Crippen molar-refractivity contribution in [2.24, 2.45) is 0 Å². The highest BCUT2D eigenvalue weighted by atomic mass is 32.2. The average Bonchev–Trinajstić information content (AvgIpc) is 2.82. The van der Waals surface area contributed by atoms with Crippen LogP contribution in [0.25, 0.3) is 0 Å². The third-order valence-electron chi connectivity index (χ3n) is 2.54. The molecule has 21 heavy (non-hydrogen) atoms. The summed E-state index contributed by atoms with van der Waals surface area (Å²) in [4.78, 5) is 4.10. The first-order valence-electron chi connectivity index (χ1n) is 5.96. The lowest BCUT2D eigenvalue weighted by Gasteiger charge is -2.08. The van der Waals surface area contributed by atoms with Crippen molar-refractivity contribution in [3.8, 4) is 11.8 Å². The molecule has 0 bridgehead atoms. The van der Waals surface area contributed by atoms with Gasteiger partial charge in [-0.25, -0.2) is 13.4 Å². The van der Waals surface area contributed by atoms with Gasteiger partial charge in [0.05, 0.1) is 4.90 Å². The lowest BCUT2D eigenvalue weighted by molar-refractivity contribution is 0.350. The first-order valence-corrected chi connectivity index (χ1v) is 8.21. The zero-order valence-electron chi connectivity index (χ0n) is 11.4. The molecule has 0 saturated heterocycles. The molecule has 2 rings (SSSR count). The number of rotatable bonds is 3. The second kappa shape index (κ2) is 6.22. The fourth-order valence-corrected chi connectivity index (χ4v) is 3.69. The van der Waals surface area contributed by atoms with Gasteiger partial charge in [-0.2, -0.15) is 4.37 Å². The summed E-state index contributed by atoms with van der Waals surface area (Å²) in [6.45, 7) is 3.10. The smallest absolute Gasteiger partial charge is 0.264 e. The highest BCUT2D eigenvalue weighted by Gasteiger charge is 2.19. The number of hydrogen-bond acceptors (Lipinski definition) is 6. The quantitative estimate of drug-likeness (QED) is 0.831. The summed E-state index contributed by atoms with van der Waals surface area (Å²) < 4.78 is 31.1. The van der Waals surface area contributed by atoms with E-state index in [1.54, 1.807) is 26.0 Å². The number of nitrogens with one attached hydrogen (secondary N) is 1. The third-order valence-corrected chi connectivity index (χ3v) is 4.87. The van der Waals surface area contributed by atoms with E-state index >= 15 is 0 Å². The summed E-state index contributed by atoms with van der Waals surface area (Å²) in [6, 6.07) is 4.83. The number of hydrogen-bond donors (Lipinski definition) is 2. The summed E-state index contributed by atoms with van der Waals surface area (Å²) in [6.07, 6.45) is 0. The van der Waals surface area contributed by atoms with Gasteiger partial charge < -0.3 is 5.11 Å². The van der Waals surface area contributed by atoms with Crippen molar-refractivity contribution < 1.29 is 13.5 Å². The maximum Gasteiger partial charge on any atom is 0.264 e. The van der Waals surface area contributed by atoms with Crippen LogP contribution >= 0.6 is 11.5 Å². The van der Waals surface area contributed by atoms with Gasteiger partial charge in [-0.05, 0) is 31.5 Å². The zero-order chi connectivity index (χ0) is 15.5. The fourth-order valence-electron chi connectivity index (χ4n) is 1.62. The Bertz CT molecular complexity index is 817. The van der Waals surface area contributed by atoms with Gasteiger partial charge in [-0.3, -0.25) is 4.72 Å². The SMILES string of the molecule is Cc1nsc(NS(=O)(=O)c2cc(C#CCO)ccc2C)n1. The van der Waals surface area contributed by atoms with Crippen molar-refractivity contribution in [3.63, 3.8) is 0 Å². The molecule has 6 nitrogen and oxygen atoms in total. The van der Waals surface area contributed by atoms with E-state index in [-0.39, 0.29) is 16.6 Å². The first-order chi connectivity index (χ1) is 9.92. The van der Waals surface area contributed by atoms with Crippen molar-refractivity contribution in [1.29, 1.82) is 0 Å². The molecule has 1 heterocycles. The summed E-state index contributed by atoms with van der Waals surface area (Å²) in [5.41, 5.74) is 1.11. The molecule has 2 aromatic rings. The van der Waals surface area contributed by atoms with Crippen molar-refractivity contribution in [2.75, 3.05) is 11.3 Å². The number of aromatic nitrogens is 2. The van der Waals surface area contributed by atoms with Crippen LogP contribution in [0.2, 0.25) is 0 Å². The van der Waals surface area contributed by atoms with Crippen LogP contribution in [0, 0.1) is 25.7 Å². The van der Waals surface area contributed by atoms with Crippen molar-refractivity contribution in [1.82, 2.24) is 9.36 Å². The van der Waals surface area contributed by atoms with Gasteiger partial charge in [0.1, 0.15) is 12.4 Å². The first kappa shape index (κ1) is 15.4. The van der Waals surface area contributed by atoms with E-state index in [0.29, 0.717) is 17.0 Å². The molecule has 0 radical (unpaired) electrons. The minimum atomic E-state index is -3.75. The Kier molecular flexibility index (Phi) is 4.57. The van der Waals surface area contributed by atoms with Crippen molar-refractivity contribution >= 4 is 26.7 Å². The standard InChI is InChI=1S/C13H13N3O3S2/c1-9-5-6-11(4-3-7-17)8-12(9)21(18,19)16-13-14-10(2)15-20-13/h5-6,8,17H,7H2,1-2H3,(H,14,15,16). The van der Waals surface area contributed by atoms with Crippen molar-refractivity contribution in [3.05, 3.63) is 35.2 Å². The van der Waals surface area contributed by atoms with E-state index in [4.69, 9.17) is 5.11 Å². The number of benzene rings is 1. The molecule has 0 unspecified atom stereocenters. The van der Waals surface area contributed by atoms with Crippen LogP contribution in [0.4, 0.5) is 5.13 Å². The third kappa shape index (κ3) is 3.78. The molecule has 8 heteroatoms. The van der Waals surface area contributed by atoms with Crippen LogP contribution in [0.3, 0.4) is 0 Å².